The van der Waals surface area contributed by atoms with Crippen LogP contribution in [-0.2, 0) is 25.7 Å². The molecule has 0 radical (unpaired) electrons. The summed E-state index contributed by atoms with van der Waals surface area (Å²) in [5, 5.41) is 53.7. The van der Waals surface area contributed by atoms with Crippen molar-refractivity contribution in [1.82, 2.24) is 20.3 Å². The Morgan fingerprint density at radius 2 is 1.82 bits per heavy atom. The standard InChI is InChI=1S/C21H25N5O8/c1-10(27)22-13-5-3-12(4-6-13)14-8-26(25-24-14)9-16(30)19(31)20-18(23-11(2)28)15(29)7-17(34-20)21(32)33/h3-8,15-16,18-20,29-31H,9H2,1-2H3,(H,22,27)(H,23,28)(H,32,33)/t15-,16+,18+,19+,20+/m0/s1. The van der Waals surface area contributed by atoms with E-state index in [9.17, 15) is 34.8 Å². The van der Waals surface area contributed by atoms with Crippen LogP contribution in [0, 0.1) is 0 Å². The summed E-state index contributed by atoms with van der Waals surface area (Å²) in [5.41, 5.74) is 1.77. The third kappa shape index (κ3) is 5.95. The molecule has 5 atom stereocenters. The summed E-state index contributed by atoms with van der Waals surface area (Å²) in [4.78, 5) is 33.9. The Morgan fingerprint density at radius 1 is 1.15 bits per heavy atom. The SMILES string of the molecule is CC(=O)Nc1ccc(-c2cn(C[C@@H](O)[C@@H](O)[C@@H]3OC(C(=O)O)=C[C@H](O)[C@H]3NC(C)=O)nn2)cc1. The van der Waals surface area contributed by atoms with Crippen molar-refractivity contribution in [1.29, 1.82) is 0 Å². The number of nitrogens with zero attached hydrogens (tertiary/aromatic N) is 3. The van der Waals surface area contributed by atoms with Gasteiger partial charge in [-0.2, -0.15) is 0 Å². The van der Waals surface area contributed by atoms with Crippen LogP contribution in [0.4, 0.5) is 5.69 Å². The molecule has 0 unspecified atom stereocenters. The van der Waals surface area contributed by atoms with Gasteiger partial charge in [0.2, 0.25) is 17.6 Å². The van der Waals surface area contributed by atoms with E-state index >= 15 is 0 Å². The molecule has 1 aromatic heterocycles. The Kier molecular flexibility index (Phi) is 7.61. The van der Waals surface area contributed by atoms with Gasteiger partial charge in [0.1, 0.15) is 24.0 Å². The van der Waals surface area contributed by atoms with Crippen LogP contribution in [0.3, 0.4) is 0 Å². The Bertz CT molecular complexity index is 1080. The third-order valence-corrected chi connectivity index (χ3v) is 5.03. The second kappa shape index (κ2) is 10.4. The summed E-state index contributed by atoms with van der Waals surface area (Å²) in [6, 6.07) is 5.63. The smallest absolute Gasteiger partial charge is 0.370 e. The van der Waals surface area contributed by atoms with E-state index in [4.69, 9.17) is 4.74 Å². The van der Waals surface area contributed by atoms with Gasteiger partial charge in [-0.25, -0.2) is 9.48 Å². The van der Waals surface area contributed by atoms with Crippen molar-refractivity contribution in [3.8, 4) is 11.3 Å². The number of nitrogens with one attached hydrogen (secondary N) is 2. The molecule has 13 nitrogen and oxygen atoms in total. The normalized spacial score (nSPS) is 21.6. The highest BCUT2D eigenvalue weighted by Crippen LogP contribution is 2.24. The number of anilines is 1. The van der Waals surface area contributed by atoms with Crippen LogP contribution in [0.2, 0.25) is 0 Å². The molecule has 0 fully saturated rings. The molecule has 3 rings (SSSR count). The van der Waals surface area contributed by atoms with Crippen molar-refractivity contribution in [2.24, 2.45) is 0 Å². The Balaban J connectivity index is 1.72. The lowest BCUT2D eigenvalue weighted by molar-refractivity contribution is -0.148. The van der Waals surface area contributed by atoms with Gasteiger partial charge in [0.05, 0.1) is 18.8 Å². The van der Waals surface area contributed by atoms with Crippen molar-refractivity contribution < 1.29 is 39.5 Å². The van der Waals surface area contributed by atoms with E-state index in [1.54, 1.807) is 24.3 Å². The second-order valence-electron chi connectivity index (χ2n) is 7.78. The molecule has 2 heterocycles. The van der Waals surface area contributed by atoms with E-state index in [1.807, 2.05) is 0 Å². The van der Waals surface area contributed by atoms with E-state index in [0.717, 1.165) is 6.08 Å². The number of hydrogen-bond donors (Lipinski definition) is 6. The number of benzene rings is 1. The van der Waals surface area contributed by atoms with E-state index in [2.05, 4.69) is 20.9 Å². The molecule has 2 aromatic rings. The fourth-order valence-corrected chi connectivity index (χ4v) is 3.48. The molecular formula is C21H25N5O8. The van der Waals surface area contributed by atoms with Gasteiger partial charge < -0.3 is 35.8 Å². The lowest BCUT2D eigenvalue weighted by Crippen LogP contribution is -2.59. The highest BCUT2D eigenvalue weighted by molar-refractivity contribution is 5.89. The second-order valence-corrected chi connectivity index (χ2v) is 7.78. The average Bonchev–Trinajstić information content (AvgIpc) is 3.22. The first-order chi connectivity index (χ1) is 16.0. The highest BCUT2D eigenvalue weighted by Gasteiger charge is 2.43. The average molecular weight is 475 g/mol. The third-order valence-electron chi connectivity index (χ3n) is 5.03. The van der Waals surface area contributed by atoms with Crippen LogP contribution in [0.25, 0.3) is 11.3 Å². The van der Waals surface area contributed by atoms with Crippen LogP contribution >= 0.6 is 0 Å². The fraction of sp³-hybridized carbons (Fsp3) is 0.381. The van der Waals surface area contributed by atoms with Crippen molar-refractivity contribution >= 4 is 23.5 Å². The number of ether oxygens (including phenoxy) is 1. The zero-order chi connectivity index (χ0) is 25.0. The van der Waals surface area contributed by atoms with Gasteiger partial charge in [-0.15, -0.1) is 5.10 Å². The summed E-state index contributed by atoms with van der Waals surface area (Å²) in [7, 11) is 0. The maximum atomic E-state index is 11.5. The van der Waals surface area contributed by atoms with Crippen molar-refractivity contribution in [2.75, 3.05) is 5.32 Å². The molecule has 0 saturated heterocycles. The monoisotopic (exact) mass is 475 g/mol. The number of carboxylic acids is 1. The number of carbonyl (C=O) groups excluding carboxylic acids is 2. The van der Waals surface area contributed by atoms with E-state index in [-0.39, 0.29) is 12.5 Å². The predicted molar refractivity (Wildman–Crippen MR) is 116 cm³/mol. The van der Waals surface area contributed by atoms with Crippen molar-refractivity contribution in [2.45, 2.75) is 50.8 Å². The van der Waals surface area contributed by atoms with Crippen molar-refractivity contribution in [3.63, 3.8) is 0 Å². The number of aromatic nitrogens is 3. The van der Waals surface area contributed by atoms with Gasteiger partial charge in [-0.3, -0.25) is 9.59 Å². The molecule has 2 amide bonds. The van der Waals surface area contributed by atoms with Gasteiger partial charge in [-0.1, -0.05) is 17.3 Å². The van der Waals surface area contributed by atoms with Crippen LogP contribution in [0.1, 0.15) is 13.8 Å². The largest absolute Gasteiger partial charge is 0.478 e. The Labute approximate surface area is 193 Å². The highest BCUT2D eigenvalue weighted by atomic mass is 16.5. The zero-order valence-corrected chi connectivity index (χ0v) is 18.3. The maximum Gasteiger partial charge on any atom is 0.370 e. The molecule has 1 aromatic carbocycles. The van der Waals surface area contributed by atoms with Gasteiger partial charge in [0, 0.05) is 25.1 Å². The summed E-state index contributed by atoms with van der Waals surface area (Å²) < 4.78 is 6.54. The molecule has 1 aliphatic heterocycles. The lowest BCUT2D eigenvalue weighted by Gasteiger charge is -2.38. The topological polar surface area (TPSA) is 196 Å². The molecule has 0 spiro atoms. The number of amides is 2. The number of rotatable bonds is 8. The summed E-state index contributed by atoms with van der Waals surface area (Å²) in [6.07, 6.45) is -3.70. The number of carboxylic acid groups (broad SMARTS) is 1. The Hall–Kier alpha value is -3.81. The van der Waals surface area contributed by atoms with Crippen LogP contribution < -0.4 is 10.6 Å². The predicted octanol–water partition coefficient (Wildman–Crippen LogP) is -1.14. The lowest BCUT2D eigenvalue weighted by atomic mass is 9.93. The number of aliphatic hydroxyl groups is 3. The number of carbonyl (C=O) groups is 3. The van der Waals surface area contributed by atoms with Gasteiger partial charge >= 0.3 is 5.97 Å². The minimum absolute atomic E-state index is 0.201. The van der Waals surface area contributed by atoms with Crippen molar-refractivity contribution in [3.05, 3.63) is 42.3 Å². The first-order valence-electron chi connectivity index (χ1n) is 10.3. The molecule has 0 bridgehead atoms. The molecule has 34 heavy (non-hydrogen) atoms. The molecule has 13 heteroatoms. The van der Waals surface area contributed by atoms with Gasteiger partial charge in [0.25, 0.3) is 0 Å². The van der Waals surface area contributed by atoms with Gasteiger partial charge in [-0.05, 0) is 18.2 Å². The Morgan fingerprint density at radius 3 is 2.41 bits per heavy atom. The molecule has 182 valence electrons. The fourth-order valence-electron chi connectivity index (χ4n) is 3.48. The molecule has 6 N–H and O–H groups in total. The summed E-state index contributed by atoms with van der Waals surface area (Å²) in [5.74, 6) is -2.84. The summed E-state index contributed by atoms with van der Waals surface area (Å²) >= 11 is 0. The van der Waals surface area contributed by atoms with Crippen LogP contribution in [0.15, 0.2) is 42.3 Å². The quantitative estimate of drug-likeness (QED) is 0.271. The van der Waals surface area contributed by atoms with E-state index < -0.39 is 48.1 Å². The van der Waals surface area contributed by atoms with E-state index in [0.29, 0.717) is 16.9 Å². The number of aliphatic carboxylic acids is 1. The molecule has 0 saturated carbocycles. The zero-order valence-electron chi connectivity index (χ0n) is 18.3. The first-order valence-corrected chi connectivity index (χ1v) is 10.3. The number of hydrogen-bond acceptors (Lipinski definition) is 9. The summed E-state index contributed by atoms with van der Waals surface area (Å²) in [6.45, 7) is 2.34. The minimum Gasteiger partial charge on any atom is -0.478 e. The maximum absolute atomic E-state index is 11.5. The molecule has 1 aliphatic rings. The van der Waals surface area contributed by atoms with Crippen LogP contribution in [0.5, 0.6) is 0 Å². The molecule has 0 aliphatic carbocycles. The van der Waals surface area contributed by atoms with E-state index in [1.165, 1.54) is 24.7 Å². The number of aliphatic hydroxyl groups excluding tert-OH is 3. The first kappa shape index (κ1) is 24.8. The molecular weight excluding hydrogens is 450 g/mol. The minimum atomic E-state index is -1.70. The van der Waals surface area contributed by atoms with Gasteiger partial charge in [0.15, 0.2) is 6.10 Å². The van der Waals surface area contributed by atoms with Crippen LogP contribution in [-0.4, -0.2) is 83.7 Å².